The average molecular weight is 469 g/mol. The number of aromatic nitrogens is 4. The van der Waals surface area contributed by atoms with Crippen LogP contribution in [0.15, 0.2) is 81.2 Å². The fourth-order valence-corrected chi connectivity index (χ4v) is 4.03. The summed E-state index contributed by atoms with van der Waals surface area (Å²) in [5.74, 6) is -1.13. The van der Waals surface area contributed by atoms with E-state index in [1.165, 1.54) is 0 Å². The first-order valence-corrected chi connectivity index (χ1v) is 10.8. The van der Waals surface area contributed by atoms with Crippen LogP contribution in [0.2, 0.25) is 0 Å². The minimum absolute atomic E-state index is 0.170. The maximum absolute atomic E-state index is 12.2. The maximum Gasteiger partial charge on any atom is 0.439 e. The Balaban J connectivity index is 1.53. The molecule has 174 valence electrons. The van der Waals surface area contributed by atoms with Crippen molar-refractivity contribution < 1.29 is 14.1 Å². The number of nitrogens with zero attached hydrogens (tertiary/aromatic N) is 4. The molecule has 5 rings (SSSR count). The molecule has 35 heavy (non-hydrogen) atoms. The second-order valence-electron chi connectivity index (χ2n) is 7.67. The SMILES string of the molecule is CCOc1nc2cccc(C(=O)N=O)c2n1Cc1ccc(-c2ccccc2-c2noc(=O)[nH]2)cc1. The van der Waals surface area contributed by atoms with Gasteiger partial charge in [0.1, 0.15) is 0 Å². The topological polar surface area (TPSA) is 132 Å². The molecule has 0 bridgehead atoms. The highest BCUT2D eigenvalue weighted by molar-refractivity contribution is 6.05. The molecule has 0 atom stereocenters. The van der Waals surface area contributed by atoms with Gasteiger partial charge in [-0.15, -0.1) is 4.91 Å². The Morgan fingerprint density at radius 1 is 1.06 bits per heavy atom. The van der Waals surface area contributed by atoms with Crippen LogP contribution in [0.25, 0.3) is 33.5 Å². The van der Waals surface area contributed by atoms with Crippen LogP contribution < -0.4 is 10.5 Å². The van der Waals surface area contributed by atoms with Crippen molar-refractivity contribution >= 4 is 16.9 Å². The van der Waals surface area contributed by atoms with Gasteiger partial charge in [-0.1, -0.05) is 59.8 Å². The van der Waals surface area contributed by atoms with Crippen molar-refractivity contribution in [2.24, 2.45) is 5.18 Å². The number of para-hydroxylation sites is 1. The molecule has 0 saturated heterocycles. The van der Waals surface area contributed by atoms with E-state index >= 15 is 0 Å². The van der Waals surface area contributed by atoms with Gasteiger partial charge in [0.2, 0.25) is 0 Å². The lowest BCUT2D eigenvalue weighted by atomic mass is 9.98. The number of imidazole rings is 1. The smallest absolute Gasteiger partial charge is 0.439 e. The lowest BCUT2D eigenvalue weighted by Crippen LogP contribution is -2.07. The van der Waals surface area contributed by atoms with E-state index < -0.39 is 11.7 Å². The summed E-state index contributed by atoms with van der Waals surface area (Å²) in [5.41, 5.74) is 4.63. The first kappa shape index (κ1) is 22.0. The Morgan fingerprint density at radius 3 is 2.51 bits per heavy atom. The summed E-state index contributed by atoms with van der Waals surface area (Å²) in [5, 5.41) is 6.39. The number of aromatic amines is 1. The number of nitroso groups, excluding NO2 is 1. The molecule has 0 saturated carbocycles. The summed E-state index contributed by atoms with van der Waals surface area (Å²) in [6.07, 6.45) is 0. The van der Waals surface area contributed by atoms with E-state index in [1.54, 1.807) is 22.8 Å². The second-order valence-corrected chi connectivity index (χ2v) is 7.67. The number of hydrogen-bond acceptors (Lipinski definition) is 7. The first-order chi connectivity index (χ1) is 17.1. The van der Waals surface area contributed by atoms with Gasteiger partial charge in [0.25, 0.3) is 6.01 Å². The lowest BCUT2D eigenvalue weighted by molar-refractivity contribution is 0.100. The van der Waals surface area contributed by atoms with E-state index in [1.807, 2.05) is 55.5 Å². The van der Waals surface area contributed by atoms with Crippen LogP contribution in [0.3, 0.4) is 0 Å². The van der Waals surface area contributed by atoms with E-state index in [-0.39, 0.29) is 5.56 Å². The van der Waals surface area contributed by atoms with Crippen LogP contribution in [-0.4, -0.2) is 32.2 Å². The predicted octanol–water partition coefficient (Wildman–Crippen LogP) is 4.40. The van der Waals surface area contributed by atoms with E-state index in [0.717, 1.165) is 22.3 Å². The van der Waals surface area contributed by atoms with Gasteiger partial charge in [0.05, 0.1) is 29.7 Å². The minimum Gasteiger partial charge on any atom is -0.465 e. The number of ether oxygens (including phenoxy) is 1. The summed E-state index contributed by atoms with van der Waals surface area (Å²) in [6.45, 7) is 2.59. The molecule has 10 nitrogen and oxygen atoms in total. The zero-order valence-electron chi connectivity index (χ0n) is 18.6. The van der Waals surface area contributed by atoms with Crippen LogP contribution in [0.5, 0.6) is 6.01 Å². The number of carbonyl (C=O) groups excluding carboxylic acids is 1. The van der Waals surface area contributed by atoms with E-state index in [4.69, 9.17) is 4.74 Å². The molecular formula is C25H19N5O5. The number of rotatable bonds is 7. The van der Waals surface area contributed by atoms with Crippen molar-refractivity contribution in [3.63, 3.8) is 0 Å². The highest BCUT2D eigenvalue weighted by Crippen LogP contribution is 2.31. The summed E-state index contributed by atoms with van der Waals surface area (Å²) < 4.78 is 12.1. The maximum atomic E-state index is 12.2. The van der Waals surface area contributed by atoms with Crippen LogP contribution in [0.1, 0.15) is 22.8 Å². The van der Waals surface area contributed by atoms with Crippen molar-refractivity contribution in [1.29, 1.82) is 0 Å². The van der Waals surface area contributed by atoms with Crippen molar-refractivity contribution in [3.8, 4) is 28.5 Å². The second kappa shape index (κ2) is 9.18. The van der Waals surface area contributed by atoms with Crippen LogP contribution in [0, 0.1) is 4.91 Å². The van der Waals surface area contributed by atoms with Gasteiger partial charge in [-0.2, -0.15) is 4.98 Å². The first-order valence-electron chi connectivity index (χ1n) is 10.8. The minimum atomic E-state index is -0.863. The number of fused-ring (bicyclic) bond motifs is 1. The average Bonchev–Trinajstić information content (AvgIpc) is 3.47. The number of H-pyrrole nitrogens is 1. The highest BCUT2D eigenvalue weighted by Gasteiger charge is 2.20. The highest BCUT2D eigenvalue weighted by atomic mass is 16.5. The van der Waals surface area contributed by atoms with Crippen LogP contribution >= 0.6 is 0 Å². The van der Waals surface area contributed by atoms with Crippen molar-refractivity contribution in [2.75, 3.05) is 6.61 Å². The molecule has 2 aromatic heterocycles. The van der Waals surface area contributed by atoms with E-state index in [9.17, 15) is 14.5 Å². The van der Waals surface area contributed by atoms with Gasteiger partial charge < -0.3 is 4.74 Å². The molecule has 10 heteroatoms. The van der Waals surface area contributed by atoms with Crippen molar-refractivity contribution in [1.82, 2.24) is 19.7 Å². The third-order valence-corrected chi connectivity index (χ3v) is 5.55. The molecule has 0 aliphatic heterocycles. The van der Waals surface area contributed by atoms with Crippen molar-refractivity contribution in [2.45, 2.75) is 13.5 Å². The van der Waals surface area contributed by atoms with E-state index in [2.05, 4.69) is 24.8 Å². The van der Waals surface area contributed by atoms with Crippen LogP contribution in [-0.2, 0) is 6.54 Å². The number of hydrogen-bond donors (Lipinski definition) is 1. The molecule has 0 unspecified atom stereocenters. The number of amides is 1. The van der Waals surface area contributed by atoms with Gasteiger partial charge in [0.15, 0.2) is 5.82 Å². The largest absolute Gasteiger partial charge is 0.465 e. The number of nitrogens with one attached hydrogen (secondary N) is 1. The zero-order chi connectivity index (χ0) is 24.4. The Kier molecular flexibility index (Phi) is 5.76. The molecule has 1 N–H and O–H groups in total. The standard InChI is InChI=1S/C25H19N5O5/c1-2-34-24-26-20-9-5-8-19(23(31)28-33)21(20)30(24)14-15-10-12-16(13-11-15)17-6-3-4-7-18(17)22-27-25(32)35-29-22/h3-13H,2,14H2,1H3,(H,27,29,32). The Hall–Kier alpha value is -4.86. The van der Waals surface area contributed by atoms with Gasteiger partial charge in [-0.05, 0) is 35.7 Å². The van der Waals surface area contributed by atoms with Gasteiger partial charge in [-0.25, -0.2) is 4.79 Å². The number of benzene rings is 3. The number of carbonyl (C=O) groups is 1. The normalized spacial score (nSPS) is 11.0. The van der Waals surface area contributed by atoms with Crippen LogP contribution in [0.4, 0.5) is 0 Å². The fourth-order valence-electron chi connectivity index (χ4n) is 4.03. The zero-order valence-corrected chi connectivity index (χ0v) is 18.6. The molecule has 0 spiro atoms. The monoisotopic (exact) mass is 469 g/mol. The van der Waals surface area contributed by atoms with E-state index in [0.29, 0.717) is 36.0 Å². The van der Waals surface area contributed by atoms with Gasteiger partial charge >= 0.3 is 11.7 Å². The molecular weight excluding hydrogens is 450 g/mol. The molecule has 0 radical (unpaired) electrons. The Bertz CT molecular complexity index is 1600. The summed E-state index contributed by atoms with van der Waals surface area (Å²) in [7, 11) is 0. The van der Waals surface area contributed by atoms with Gasteiger partial charge in [-0.3, -0.25) is 18.9 Å². The molecule has 0 aliphatic rings. The summed E-state index contributed by atoms with van der Waals surface area (Å²) in [4.78, 5) is 41.6. The molecule has 0 fully saturated rings. The summed E-state index contributed by atoms with van der Waals surface area (Å²) >= 11 is 0. The summed E-state index contributed by atoms with van der Waals surface area (Å²) in [6, 6.07) is 20.6. The molecule has 5 aromatic rings. The van der Waals surface area contributed by atoms with Crippen molar-refractivity contribution in [3.05, 3.63) is 93.3 Å². The van der Waals surface area contributed by atoms with Gasteiger partial charge in [0, 0.05) is 10.7 Å². The molecule has 3 aromatic carbocycles. The molecule has 1 amide bonds. The third-order valence-electron chi connectivity index (χ3n) is 5.55. The molecule has 0 aliphatic carbocycles. The Morgan fingerprint density at radius 2 is 1.83 bits per heavy atom. The Labute approximate surface area is 198 Å². The predicted molar refractivity (Wildman–Crippen MR) is 128 cm³/mol. The third kappa shape index (κ3) is 4.12. The lowest BCUT2D eigenvalue weighted by Gasteiger charge is -2.12. The molecule has 2 heterocycles. The quantitative estimate of drug-likeness (QED) is 0.349. The fraction of sp³-hybridized carbons (Fsp3) is 0.120.